The van der Waals surface area contributed by atoms with Gasteiger partial charge in [-0.3, -0.25) is 4.90 Å². The number of rotatable bonds is 5. The molecule has 2 N–H and O–H groups in total. The average molecular weight is 359 g/mol. The topological polar surface area (TPSA) is 73.6 Å². The summed E-state index contributed by atoms with van der Waals surface area (Å²) in [7, 11) is 1.95. The number of aromatic nitrogens is 2. The number of aliphatic hydroxyl groups excluding tert-OH is 1. The van der Waals surface area contributed by atoms with Gasteiger partial charge in [-0.05, 0) is 30.5 Å². The molecule has 142 valence electrons. The molecular formula is C19H29N5O2. The molecule has 7 heteroatoms. The fourth-order valence-electron chi connectivity index (χ4n) is 3.63. The first kappa shape index (κ1) is 18.7. The third kappa shape index (κ3) is 4.16. The predicted octanol–water partition coefficient (Wildman–Crippen LogP) is 2.13. The number of nitrogens with zero attached hydrogens (tertiary/aromatic N) is 4. The third-order valence-corrected chi connectivity index (χ3v) is 4.93. The highest BCUT2D eigenvalue weighted by molar-refractivity contribution is 5.92. The van der Waals surface area contributed by atoms with Gasteiger partial charge in [0.2, 0.25) is 0 Å². The van der Waals surface area contributed by atoms with Crippen LogP contribution < -0.4 is 5.32 Å². The van der Waals surface area contributed by atoms with E-state index in [-0.39, 0.29) is 18.7 Å². The van der Waals surface area contributed by atoms with Crippen LogP contribution in [0.3, 0.4) is 0 Å². The number of carbonyl (C=O) groups is 1. The summed E-state index contributed by atoms with van der Waals surface area (Å²) >= 11 is 0. The van der Waals surface area contributed by atoms with E-state index in [0.29, 0.717) is 25.4 Å². The number of urea groups is 1. The summed E-state index contributed by atoms with van der Waals surface area (Å²) in [6.45, 7) is 7.72. The van der Waals surface area contributed by atoms with Crippen molar-refractivity contribution in [3.05, 3.63) is 24.5 Å². The smallest absolute Gasteiger partial charge is 0.321 e. The molecule has 0 spiro atoms. The fourth-order valence-corrected chi connectivity index (χ4v) is 3.63. The molecule has 1 aliphatic heterocycles. The van der Waals surface area contributed by atoms with Crippen LogP contribution in [0, 0.1) is 5.92 Å². The molecule has 1 fully saturated rings. The molecule has 7 nitrogen and oxygen atoms in total. The van der Waals surface area contributed by atoms with Gasteiger partial charge in [-0.25, -0.2) is 9.78 Å². The van der Waals surface area contributed by atoms with Gasteiger partial charge < -0.3 is 19.9 Å². The lowest BCUT2D eigenvalue weighted by atomic mass is 10.1. The second kappa shape index (κ2) is 8.05. The van der Waals surface area contributed by atoms with Crippen LogP contribution in [0.2, 0.25) is 0 Å². The Kier molecular flexibility index (Phi) is 5.78. The molecule has 0 radical (unpaired) electrons. The van der Waals surface area contributed by atoms with Crippen molar-refractivity contribution in [2.24, 2.45) is 13.0 Å². The summed E-state index contributed by atoms with van der Waals surface area (Å²) in [4.78, 5) is 21.3. The lowest BCUT2D eigenvalue weighted by Gasteiger charge is -2.42. The highest BCUT2D eigenvalue weighted by atomic mass is 16.3. The van der Waals surface area contributed by atoms with E-state index >= 15 is 0 Å². The molecule has 0 saturated carbocycles. The second-order valence-electron chi connectivity index (χ2n) is 7.49. The number of hydrogen-bond donors (Lipinski definition) is 2. The van der Waals surface area contributed by atoms with Gasteiger partial charge in [0.15, 0.2) is 0 Å². The summed E-state index contributed by atoms with van der Waals surface area (Å²) in [5.41, 5.74) is 2.66. The Labute approximate surface area is 154 Å². The van der Waals surface area contributed by atoms with Gasteiger partial charge in [0.05, 0.1) is 17.4 Å². The Balaban J connectivity index is 1.65. The standard InChI is InChI=1S/C19H29N5O2/c1-14(2)11-23-7-8-24(12-16(23)6-9-25)19(26)21-15-4-5-18-17(10-15)20-13-22(18)3/h4-5,10,13-14,16,25H,6-9,11-12H2,1-3H3,(H,21,26)/t16-/m1/s1. The molecule has 3 rings (SSSR count). The number of aryl methyl sites for hydroxylation is 1. The van der Waals surface area contributed by atoms with E-state index in [1.165, 1.54) is 0 Å². The van der Waals surface area contributed by atoms with Gasteiger partial charge in [-0.15, -0.1) is 0 Å². The van der Waals surface area contributed by atoms with Crippen molar-refractivity contribution in [1.29, 1.82) is 0 Å². The molecule has 1 aromatic heterocycles. The normalized spacial score (nSPS) is 18.7. The Morgan fingerprint density at radius 2 is 2.19 bits per heavy atom. The van der Waals surface area contributed by atoms with E-state index in [2.05, 4.69) is 29.0 Å². The Morgan fingerprint density at radius 1 is 1.38 bits per heavy atom. The lowest BCUT2D eigenvalue weighted by molar-refractivity contribution is 0.0689. The van der Waals surface area contributed by atoms with Gasteiger partial charge in [-0.2, -0.15) is 0 Å². The van der Waals surface area contributed by atoms with Crippen LogP contribution in [-0.2, 0) is 7.05 Å². The van der Waals surface area contributed by atoms with E-state index in [4.69, 9.17) is 0 Å². The van der Waals surface area contributed by atoms with Crippen molar-refractivity contribution in [3.8, 4) is 0 Å². The van der Waals surface area contributed by atoms with Crippen molar-refractivity contribution < 1.29 is 9.90 Å². The monoisotopic (exact) mass is 359 g/mol. The summed E-state index contributed by atoms with van der Waals surface area (Å²) in [5, 5.41) is 12.4. The Morgan fingerprint density at radius 3 is 2.92 bits per heavy atom. The molecule has 2 aromatic rings. The zero-order valence-corrected chi connectivity index (χ0v) is 15.9. The van der Waals surface area contributed by atoms with Crippen LogP contribution in [0.1, 0.15) is 20.3 Å². The van der Waals surface area contributed by atoms with Crippen molar-refractivity contribution >= 4 is 22.8 Å². The number of imidazole rings is 1. The molecule has 1 aliphatic rings. The summed E-state index contributed by atoms with van der Waals surface area (Å²) in [5.74, 6) is 0.571. The quantitative estimate of drug-likeness (QED) is 0.858. The van der Waals surface area contributed by atoms with Gasteiger partial charge in [0.1, 0.15) is 0 Å². The number of nitrogens with one attached hydrogen (secondary N) is 1. The summed E-state index contributed by atoms with van der Waals surface area (Å²) in [6.07, 6.45) is 2.46. The Bertz CT molecular complexity index is 757. The number of anilines is 1. The number of benzene rings is 1. The molecular weight excluding hydrogens is 330 g/mol. The molecule has 1 saturated heterocycles. The van der Waals surface area contributed by atoms with Crippen molar-refractivity contribution in [3.63, 3.8) is 0 Å². The average Bonchev–Trinajstić information content (AvgIpc) is 2.96. The predicted molar refractivity (Wildman–Crippen MR) is 103 cm³/mol. The van der Waals surface area contributed by atoms with Crippen LogP contribution in [0.4, 0.5) is 10.5 Å². The molecule has 1 atom stereocenters. The maximum atomic E-state index is 12.7. The van der Waals surface area contributed by atoms with Gasteiger partial charge in [0.25, 0.3) is 0 Å². The van der Waals surface area contributed by atoms with Gasteiger partial charge >= 0.3 is 6.03 Å². The van der Waals surface area contributed by atoms with Gasteiger partial charge in [-0.1, -0.05) is 13.8 Å². The second-order valence-corrected chi connectivity index (χ2v) is 7.49. The molecule has 1 aromatic carbocycles. The number of amides is 2. The molecule has 0 aliphatic carbocycles. The minimum atomic E-state index is -0.0904. The SMILES string of the molecule is CC(C)CN1CCN(C(=O)Nc2ccc3c(c2)ncn3C)C[C@H]1CCO. The first-order chi connectivity index (χ1) is 12.5. The first-order valence-electron chi connectivity index (χ1n) is 9.30. The zero-order valence-electron chi connectivity index (χ0n) is 15.9. The van der Waals surface area contributed by atoms with Crippen LogP contribution in [0.5, 0.6) is 0 Å². The highest BCUT2D eigenvalue weighted by Gasteiger charge is 2.29. The van der Waals surface area contributed by atoms with E-state index in [1.54, 1.807) is 6.33 Å². The molecule has 26 heavy (non-hydrogen) atoms. The maximum Gasteiger partial charge on any atom is 0.321 e. The largest absolute Gasteiger partial charge is 0.396 e. The van der Waals surface area contributed by atoms with E-state index in [9.17, 15) is 9.90 Å². The maximum absolute atomic E-state index is 12.7. The van der Waals surface area contributed by atoms with Gasteiger partial charge in [0, 0.05) is 51.6 Å². The number of fused-ring (bicyclic) bond motifs is 1. The van der Waals surface area contributed by atoms with Crippen LogP contribution in [-0.4, -0.2) is 69.3 Å². The molecule has 0 unspecified atom stereocenters. The van der Waals surface area contributed by atoms with Crippen molar-refractivity contribution in [2.75, 3.05) is 38.1 Å². The summed E-state index contributed by atoms with van der Waals surface area (Å²) < 4.78 is 1.95. The Hall–Kier alpha value is -2.12. The van der Waals surface area contributed by atoms with E-state index < -0.39 is 0 Å². The van der Waals surface area contributed by atoms with Crippen molar-refractivity contribution in [1.82, 2.24) is 19.4 Å². The van der Waals surface area contributed by atoms with Crippen LogP contribution >= 0.6 is 0 Å². The summed E-state index contributed by atoms with van der Waals surface area (Å²) in [6, 6.07) is 5.88. The minimum Gasteiger partial charge on any atom is -0.396 e. The van der Waals surface area contributed by atoms with E-state index in [1.807, 2.05) is 34.7 Å². The number of piperazine rings is 1. The number of hydrogen-bond acceptors (Lipinski definition) is 4. The number of carbonyl (C=O) groups excluding carboxylic acids is 1. The van der Waals surface area contributed by atoms with E-state index in [0.717, 1.165) is 29.8 Å². The highest BCUT2D eigenvalue weighted by Crippen LogP contribution is 2.19. The molecule has 2 amide bonds. The fraction of sp³-hybridized carbons (Fsp3) is 0.579. The minimum absolute atomic E-state index is 0.0904. The van der Waals surface area contributed by atoms with Crippen molar-refractivity contribution in [2.45, 2.75) is 26.3 Å². The first-order valence-corrected chi connectivity index (χ1v) is 9.30. The van der Waals surface area contributed by atoms with Crippen LogP contribution in [0.25, 0.3) is 11.0 Å². The lowest BCUT2D eigenvalue weighted by Crippen LogP contribution is -2.56. The molecule has 0 bridgehead atoms. The zero-order chi connectivity index (χ0) is 18.7. The third-order valence-electron chi connectivity index (χ3n) is 4.93. The van der Waals surface area contributed by atoms with Crippen LogP contribution in [0.15, 0.2) is 24.5 Å². The number of aliphatic hydroxyl groups is 1. The molecule has 2 heterocycles.